The third kappa shape index (κ3) is 4.67. The van der Waals surface area contributed by atoms with Crippen LogP contribution in [0.4, 0.5) is 0 Å². The third-order valence-electron chi connectivity index (χ3n) is 4.53. The van der Waals surface area contributed by atoms with Crippen molar-refractivity contribution in [2.75, 3.05) is 25.5 Å². The molecule has 2 unspecified atom stereocenters. The van der Waals surface area contributed by atoms with Crippen molar-refractivity contribution >= 4 is 29.2 Å². The van der Waals surface area contributed by atoms with E-state index in [2.05, 4.69) is 27.4 Å². The van der Waals surface area contributed by atoms with Crippen molar-refractivity contribution in [1.82, 2.24) is 10.6 Å². The number of aliphatic imine (C=N–C) groups is 1. The third-order valence-corrected chi connectivity index (χ3v) is 5.33. The van der Waals surface area contributed by atoms with Crippen LogP contribution in [0, 0.1) is 6.92 Å². The summed E-state index contributed by atoms with van der Waals surface area (Å²) in [7, 11) is 0. The van der Waals surface area contributed by atoms with Gasteiger partial charge in [0.25, 0.3) is 0 Å². The molecule has 0 bridgehead atoms. The fraction of sp³-hybridized carbons (Fsp3) is 0.412. The lowest BCUT2D eigenvalue weighted by Gasteiger charge is -2.24. The molecule has 1 saturated heterocycles. The molecule has 12 N–H and O–H groups in total. The number of rotatable bonds is 10. The lowest BCUT2D eigenvalue weighted by molar-refractivity contribution is 0.471. The van der Waals surface area contributed by atoms with E-state index in [1.807, 2.05) is 19.1 Å². The summed E-state index contributed by atoms with van der Waals surface area (Å²) in [5.74, 6) is 6.13. The maximum Gasteiger partial charge on any atom is 0.151 e. The number of benzene rings is 1. The first-order chi connectivity index (χ1) is 12.9. The summed E-state index contributed by atoms with van der Waals surface area (Å²) >= 11 is 1.44. The summed E-state index contributed by atoms with van der Waals surface area (Å²) in [6.45, 7) is 7.31. The highest BCUT2D eigenvalue weighted by molar-refractivity contribution is 8.08. The van der Waals surface area contributed by atoms with Crippen LogP contribution in [0.3, 0.4) is 0 Å². The van der Waals surface area contributed by atoms with Gasteiger partial charge in [0, 0.05) is 53.8 Å². The molecule has 2 rings (SSSR count). The van der Waals surface area contributed by atoms with Crippen LogP contribution in [0.2, 0.25) is 0 Å². The predicted octanol–water partition coefficient (Wildman–Crippen LogP) is -1.15. The molecule has 10 heteroatoms. The molecule has 0 radical (unpaired) electrons. The molecule has 1 heterocycles. The van der Waals surface area contributed by atoms with Crippen LogP contribution in [0.5, 0.6) is 0 Å². The van der Waals surface area contributed by atoms with E-state index in [1.54, 1.807) is 6.20 Å². The zero-order valence-electron chi connectivity index (χ0n) is 15.5. The van der Waals surface area contributed by atoms with E-state index in [0.29, 0.717) is 19.0 Å². The van der Waals surface area contributed by atoms with E-state index < -0.39 is 0 Å². The molecule has 0 saturated carbocycles. The zero-order valence-corrected chi connectivity index (χ0v) is 16.4. The molecule has 0 aromatic heterocycles. The molecule has 1 aromatic carbocycles. The number of amidine groups is 1. The van der Waals surface area contributed by atoms with Crippen molar-refractivity contribution in [3.63, 3.8) is 0 Å². The van der Waals surface area contributed by atoms with E-state index in [4.69, 9.17) is 28.8 Å². The Balaban J connectivity index is 2.52. The minimum Gasteiger partial charge on any atom is -0.382 e. The predicted molar refractivity (Wildman–Crippen MR) is 115 cm³/mol. The molecular formula is C17H29N9S. The molecule has 27 heavy (non-hydrogen) atoms. The fourth-order valence-corrected chi connectivity index (χ4v) is 3.67. The van der Waals surface area contributed by atoms with E-state index in [-0.39, 0.29) is 17.5 Å². The number of hydrazone groups is 1. The van der Waals surface area contributed by atoms with Crippen molar-refractivity contribution in [3.8, 4) is 0 Å². The molecule has 1 aliphatic heterocycles. The van der Waals surface area contributed by atoms with Gasteiger partial charge in [-0.05, 0) is 24.8 Å². The van der Waals surface area contributed by atoms with E-state index in [0.717, 1.165) is 33.7 Å². The van der Waals surface area contributed by atoms with Crippen LogP contribution in [0.15, 0.2) is 28.4 Å². The molecular weight excluding hydrogens is 362 g/mol. The highest BCUT2D eigenvalue weighted by Gasteiger charge is 2.45. The van der Waals surface area contributed by atoms with Gasteiger partial charge in [0.2, 0.25) is 0 Å². The van der Waals surface area contributed by atoms with Gasteiger partial charge >= 0.3 is 0 Å². The van der Waals surface area contributed by atoms with Crippen LogP contribution in [-0.2, 0) is 5.66 Å². The summed E-state index contributed by atoms with van der Waals surface area (Å²) in [6.07, 6.45) is 1.66. The van der Waals surface area contributed by atoms with Crippen LogP contribution < -0.4 is 39.4 Å². The first-order valence-corrected chi connectivity index (χ1v) is 9.55. The van der Waals surface area contributed by atoms with E-state index in [9.17, 15) is 0 Å². The van der Waals surface area contributed by atoms with Crippen LogP contribution in [0.25, 0.3) is 4.91 Å². The second-order valence-electron chi connectivity index (χ2n) is 6.30. The van der Waals surface area contributed by atoms with Gasteiger partial charge in [-0.15, -0.1) is 11.8 Å². The Morgan fingerprint density at radius 1 is 1.48 bits per heavy atom. The van der Waals surface area contributed by atoms with Crippen molar-refractivity contribution in [3.05, 3.63) is 40.6 Å². The van der Waals surface area contributed by atoms with Crippen LogP contribution in [-0.4, -0.2) is 44.1 Å². The van der Waals surface area contributed by atoms with Crippen molar-refractivity contribution in [1.29, 1.82) is 0 Å². The van der Waals surface area contributed by atoms with Gasteiger partial charge in [0.1, 0.15) is 5.66 Å². The zero-order chi connectivity index (χ0) is 20.0. The highest BCUT2D eigenvalue weighted by Crippen LogP contribution is 2.37. The number of thioether (sulfide) groups is 1. The monoisotopic (exact) mass is 391 g/mol. The lowest BCUT2D eigenvalue weighted by Crippen LogP contribution is -2.45. The number of nitrogens with zero attached hydrogens (tertiary/aromatic N) is 2. The Morgan fingerprint density at radius 2 is 2.19 bits per heavy atom. The van der Waals surface area contributed by atoms with Crippen molar-refractivity contribution in [2.24, 2.45) is 38.9 Å². The van der Waals surface area contributed by atoms with Gasteiger partial charge in [-0.3, -0.25) is 15.6 Å². The topological polar surface area (TPSA) is 189 Å². The van der Waals surface area contributed by atoms with E-state index in [1.165, 1.54) is 11.8 Å². The van der Waals surface area contributed by atoms with Gasteiger partial charge in [0.05, 0.1) is 0 Å². The number of nitrogens with two attached hydrogens (primary N) is 5. The number of hydrogen-bond donors (Lipinski definition) is 7. The first-order valence-electron chi connectivity index (χ1n) is 8.56. The SMILES string of the molecule is C=N/C=C(\SCN)c1ccc(C2(NCC(N)CN)CN2)c(C)c1/C(N)=N/N. The Bertz CT molecular complexity index is 740. The van der Waals surface area contributed by atoms with E-state index >= 15 is 0 Å². The van der Waals surface area contributed by atoms with Gasteiger partial charge in [-0.25, -0.2) is 0 Å². The molecule has 9 nitrogen and oxygen atoms in total. The Morgan fingerprint density at radius 3 is 2.70 bits per heavy atom. The number of nitrogens with one attached hydrogen (secondary N) is 2. The molecule has 0 spiro atoms. The molecule has 1 fully saturated rings. The second-order valence-corrected chi connectivity index (χ2v) is 7.36. The summed E-state index contributed by atoms with van der Waals surface area (Å²) in [6, 6.07) is 3.90. The second kappa shape index (κ2) is 9.31. The summed E-state index contributed by atoms with van der Waals surface area (Å²) < 4.78 is 0. The Kier molecular flexibility index (Phi) is 7.36. The minimum atomic E-state index is -0.361. The van der Waals surface area contributed by atoms with Crippen LogP contribution >= 0.6 is 11.8 Å². The van der Waals surface area contributed by atoms with Gasteiger partial charge in [0.15, 0.2) is 5.84 Å². The summed E-state index contributed by atoms with van der Waals surface area (Å²) in [4.78, 5) is 4.72. The van der Waals surface area contributed by atoms with Crippen LogP contribution in [0.1, 0.15) is 22.3 Å². The average Bonchev–Trinajstić information content (AvgIpc) is 3.45. The molecule has 1 aliphatic rings. The van der Waals surface area contributed by atoms with Gasteiger partial charge < -0.3 is 28.8 Å². The Hall–Kier alpha value is -1.95. The largest absolute Gasteiger partial charge is 0.382 e. The van der Waals surface area contributed by atoms with Gasteiger partial charge in [-0.1, -0.05) is 12.1 Å². The smallest absolute Gasteiger partial charge is 0.151 e. The quantitative estimate of drug-likeness (QED) is 0.0650. The molecule has 148 valence electrons. The Labute approximate surface area is 163 Å². The average molecular weight is 392 g/mol. The minimum absolute atomic E-state index is 0.117. The number of hydrogen-bond acceptors (Lipinski definition) is 9. The first kappa shape index (κ1) is 21.4. The van der Waals surface area contributed by atoms with Crippen molar-refractivity contribution < 1.29 is 0 Å². The standard InChI is InChI=1S/C17H29N9S/c1-10-13(17(8-25-17)24-6-11(20)5-18)4-3-12(15(10)16(21)26-22)14(7-23-2)27-9-19/h3-4,7,11,24-25H,2,5-6,8-9,18-20,22H2,1H3,(H2,21,26)/b14-7-. The molecule has 0 aliphatic carbocycles. The molecule has 0 amide bonds. The normalized spacial score (nSPS) is 21.2. The summed E-state index contributed by atoms with van der Waals surface area (Å²) in [5.41, 5.74) is 26.7. The maximum atomic E-state index is 6.14. The molecule has 2 atom stereocenters. The molecule has 1 aromatic rings. The lowest BCUT2D eigenvalue weighted by atomic mass is 9.91. The summed E-state index contributed by atoms with van der Waals surface area (Å²) in [5, 5.41) is 10.6. The van der Waals surface area contributed by atoms with Gasteiger partial charge in [-0.2, -0.15) is 5.10 Å². The highest BCUT2D eigenvalue weighted by atomic mass is 32.2. The van der Waals surface area contributed by atoms with Crippen molar-refractivity contribution in [2.45, 2.75) is 18.6 Å². The fourth-order valence-electron chi connectivity index (χ4n) is 3.02. The maximum absolute atomic E-state index is 6.14.